The summed E-state index contributed by atoms with van der Waals surface area (Å²) in [5, 5.41) is 12.6. The maximum atomic E-state index is 12.0. The van der Waals surface area contributed by atoms with Crippen LogP contribution in [0.15, 0.2) is 54.6 Å². The molecular formula is C31H45N7O4. The van der Waals surface area contributed by atoms with E-state index in [0.29, 0.717) is 62.9 Å². The fourth-order valence-electron chi connectivity index (χ4n) is 3.98. The number of methoxy groups -OCH3 is 1. The van der Waals surface area contributed by atoms with Gasteiger partial charge in [0.05, 0.1) is 33.5 Å². The third kappa shape index (κ3) is 13.1. The number of rotatable bonds is 22. The topological polar surface area (TPSA) is 132 Å². The number of hydrogen-bond acceptors (Lipinski definition) is 10. The van der Waals surface area contributed by atoms with Crippen molar-refractivity contribution in [2.24, 2.45) is 0 Å². The van der Waals surface area contributed by atoms with Crippen molar-refractivity contribution in [2.75, 3.05) is 69.1 Å². The van der Waals surface area contributed by atoms with Crippen LogP contribution in [0.1, 0.15) is 55.8 Å². The van der Waals surface area contributed by atoms with E-state index in [-0.39, 0.29) is 5.91 Å². The van der Waals surface area contributed by atoms with Crippen LogP contribution < -0.4 is 26.0 Å². The van der Waals surface area contributed by atoms with Gasteiger partial charge < -0.3 is 35.5 Å². The number of unbranched alkanes of at least 4 members (excludes halogenated alkanes) is 5. The highest BCUT2D eigenvalue weighted by Gasteiger charge is 2.08. The van der Waals surface area contributed by atoms with E-state index in [0.717, 1.165) is 24.4 Å². The molecule has 0 aliphatic rings. The molecule has 0 atom stereocenters. The molecule has 0 saturated carbocycles. The van der Waals surface area contributed by atoms with Crippen molar-refractivity contribution in [1.29, 1.82) is 0 Å². The molecule has 1 heterocycles. The molecule has 11 heteroatoms. The van der Waals surface area contributed by atoms with Crippen LogP contribution in [-0.2, 0) is 9.47 Å². The number of aromatic nitrogens is 3. The molecule has 0 fully saturated rings. The summed E-state index contributed by atoms with van der Waals surface area (Å²) < 4.78 is 16.4. The van der Waals surface area contributed by atoms with E-state index >= 15 is 0 Å². The third-order valence-corrected chi connectivity index (χ3v) is 6.26. The molecule has 3 aromatic rings. The Morgan fingerprint density at radius 3 is 2.00 bits per heavy atom. The number of hydrogen-bond donors (Lipinski definition) is 4. The zero-order valence-electron chi connectivity index (χ0n) is 24.9. The van der Waals surface area contributed by atoms with Crippen molar-refractivity contribution in [2.45, 2.75) is 45.4 Å². The molecule has 0 radical (unpaired) electrons. The molecule has 0 unspecified atom stereocenters. The highest BCUT2D eigenvalue weighted by molar-refractivity contribution is 5.94. The lowest BCUT2D eigenvalue weighted by Gasteiger charge is -2.12. The Morgan fingerprint density at radius 2 is 1.31 bits per heavy atom. The van der Waals surface area contributed by atoms with Gasteiger partial charge in [-0.15, -0.1) is 0 Å². The zero-order valence-corrected chi connectivity index (χ0v) is 24.9. The van der Waals surface area contributed by atoms with Crippen LogP contribution in [0.3, 0.4) is 0 Å². The van der Waals surface area contributed by atoms with Crippen LogP contribution in [0.4, 0.5) is 23.5 Å². The smallest absolute Gasteiger partial charge is 0.251 e. The lowest BCUT2D eigenvalue weighted by Crippen LogP contribution is -2.27. The minimum Gasteiger partial charge on any atom is -0.497 e. The van der Waals surface area contributed by atoms with E-state index in [2.05, 4.69) is 43.1 Å². The van der Waals surface area contributed by atoms with E-state index in [1.54, 1.807) is 19.2 Å². The largest absolute Gasteiger partial charge is 0.497 e. The minimum atomic E-state index is -0.108. The lowest BCUT2D eigenvalue weighted by molar-refractivity contribution is 0.0519. The number of carbonyl (C=O) groups excluding carboxylic acids is 1. The first kappa shape index (κ1) is 32.6. The van der Waals surface area contributed by atoms with Crippen LogP contribution in [0.5, 0.6) is 5.75 Å². The summed E-state index contributed by atoms with van der Waals surface area (Å²) in [4.78, 5) is 25.6. The Hall–Kier alpha value is -3.96. The van der Waals surface area contributed by atoms with Crippen LogP contribution in [0.2, 0.25) is 0 Å². The first-order valence-corrected chi connectivity index (χ1v) is 14.8. The fraction of sp³-hybridized carbons (Fsp3) is 0.484. The summed E-state index contributed by atoms with van der Waals surface area (Å²) in [7, 11) is 1.64. The normalized spacial score (nSPS) is 10.7. The Balaban J connectivity index is 1.37. The minimum absolute atomic E-state index is 0.108. The SMILES string of the molecule is CCCCCCCCNc1nc(NCCOCCOCCNC(=O)c2ccccc2)nc(Nc2ccc(OC)cc2)n1. The predicted octanol–water partition coefficient (Wildman–Crippen LogP) is 5.27. The molecule has 1 aromatic heterocycles. The van der Waals surface area contributed by atoms with E-state index < -0.39 is 0 Å². The van der Waals surface area contributed by atoms with Crippen molar-refractivity contribution in [3.8, 4) is 5.75 Å². The van der Waals surface area contributed by atoms with Gasteiger partial charge in [-0.2, -0.15) is 15.0 Å². The van der Waals surface area contributed by atoms with Gasteiger partial charge >= 0.3 is 0 Å². The molecule has 42 heavy (non-hydrogen) atoms. The van der Waals surface area contributed by atoms with Crippen molar-refractivity contribution in [1.82, 2.24) is 20.3 Å². The second-order valence-electron chi connectivity index (χ2n) is 9.63. The maximum Gasteiger partial charge on any atom is 0.251 e. The number of anilines is 4. The molecule has 0 spiro atoms. The van der Waals surface area contributed by atoms with Gasteiger partial charge in [0.1, 0.15) is 5.75 Å². The monoisotopic (exact) mass is 579 g/mol. The van der Waals surface area contributed by atoms with Crippen molar-refractivity contribution in [3.05, 3.63) is 60.2 Å². The van der Waals surface area contributed by atoms with Crippen LogP contribution in [0, 0.1) is 0 Å². The van der Waals surface area contributed by atoms with Gasteiger partial charge in [-0.25, -0.2) is 0 Å². The second-order valence-corrected chi connectivity index (χ2v) is 9.63. The first-order valence-electron chi connectivity index (χ1n) is 14.8. The van der Waals surface area contributed by atoms with Crippen molar-refractivity contribution in [3.63, 3.8) is 0 Å². The molecular weight excluding hydrogens is 534 g/mol. The molecule has 0 bridgehead atoms. The fourth-order valence-corrected chi connectivity index (χ4v) is 3.98. The highest BCUT2D eigenvalue weighted by atomic mass is 16.5. The van der Waals surface area contributed by atoms with Crippen molar-refractivity contribution >= 4 is 29.4 Å². The second kappa shape index (κ2) is 20.0. The van der Waals surface area contributed by atoms with Gasteiger partial charge in [0, 0.05) is 30.9 Å². The van der Waals surface area contributed by atoms with E-state index in [1.165, 1.54) is 32.1 Å². The van der Waals surface area contributed by atoms with Gasteiger partial charge in [0.2, 0.25) is 17.8 Å². The molecule has 0 saturated heterocycles. The Labute approximate surface area is 249 Å². The standard InChI is InChI=1S/C31H45N7O4/c1-3-4-5-6-7-11-18-33-29-36-30(38-31(37-29)35-26-14-16-27(40-2)17-15-26)34-20-22-42-24-23-41-21-19-32-28(39)25-12-9-8-10-13-25/h8-10,12-17H,3-7,11,18-24H2,1-2H3,(H,32,39)(H3,33,34,35,36,37,38). The van der Waals surface area contributed by atoms with Gasteiger partial charge in [-0.3, -0.25) is 4.79 Å². The zero-order chi connectivity index (χ0) is 29.7. The third-order valence-electron chi connectivity index (χ3n) is 6.26. The number of carbonyl (C=O) groups is 1. The van der Waals surface area contributed by atoms with Gasteiger partial charge in [-0.05, 0) is 42.8 Å². The molecule has 228 valence electrons. The summed E-state index contributed by atoms with van der Waals surface area (Å²) in [5.74, 6) is 2.09. The number of amides is 1. The highest BCUT2D eigenvalue weighted by Crippen LogP contribution is 2.19. The Bertz CT molecular complexity index is 1150. The summed E-state index contributed by atoms with van der Waals surface area (Å²) in [5.41, 5.74) is 1.48. The summed E-state index contributed by atoms with van der Waals surface area (Å²) in [6, 6.07) is 16.7. The predicted molar refractivity (Wildman–Crippen MR) is 167 cm³/mol. The summed E-state index contributed by atoms with van der Waals surface area (Å²) >= 11 is 0. The maximum absolute atomic E-state index is 12.0. The van der Waals surface area contributed by atoms with E-state index in [9.17, 15) is 4.79 Å². The molecule has 2 aromatic carbocycles. The van der Waals surface area contributed by atoms with Gasteiger partial charge in [-0.1, -0.05) is 57.2 Å². The molecule has 1 amide bonds. The van der Waals surface area contributed by atoms with Crippen LogP contribution in [-0.4, -0.2) is 74.0 Å². The molecule has 0 aliphatic carbocycles. The number of benzene rings is 2. The average molecular weight is 580 g/mol. The average Bonchev–Trinajstić information content (AvgIpc) is 3.02. The summed E-state index contributed by atoms with van der Waals surface area (Å²) in [6.45, 7) is 5.76. The Kier molecular flexibility index (Phi) is 15.5. The first-order chi connectivity index (χ1) is 20.7. The quantitative estimate of drug-likeness (QED) is 0.117. The number of nitrogens with one attached hydrogen (secondary N) is 4. The molecule has 11 nitrogen and oxygen atoms in total. The molecule has 0 aliphatic heterocycles. The molecule has 4 N–H and O–H groups in total. The lowest BCUT2D eigenvalue weighted by atomic mass is 10.1. The number of ether oxygens (including phenoxy) is 3. The van der Waals surface area contributed by atoms with E-state index in [1.807, 2.05) is 42.5 Å². The Morgan fingerprint density at radius 1 is 0.690 bits per heavy atom. The number of nitrogens with zero attached hydrogens (tertiary/aromatic N) is 3. The van der Waals surface area contributed by atoms with Crippen LogP contribution >= 0.6 is 0 Å². The van der Waals surface area contributed by atoms with E-state index in [4.69, 9.17) is 14.2 Å². The van der Waals surface area contributed by atoms with Gasteiger partial charge in [0.15, 0.2) is 0 Å². The van der Waals surface area contributed by atoms with Crippen molar-refractivity contribution < 1.29 is 19.0 Å². The van der Waals surface area contributed by atoms with Gasteiger partial charge in [0.25, 0.3) is 5.91 Å². The van der Waals surface area contributed by atoms with Crippen LogP contribution in [0.25, 0.3) is 0 Å². The summed E-state index contributed by atoms with van der Waals surface area (Å²) in [6.07, 6.45) is 7.32. The molecule has 3 rings (SSSR count).